The molecule has 4 rings (SSSR count). The molecule has 0 saturated carbocycles. The molecule has 0 radical (unpaired) electrons. The third kappa shape index (κ3) is 3.47. The minimum Gasteiger partial charge on any atom is -0.495 e. The number of rotatable bonds is 4. The van der Waals surface area contributed by atoms with E-state index >= 15 is 0 Å². The van der Waals surface area contributed by atoms with Crippen LogP contribution in [0.5, 0.6) is 5.75 Å². The first-order valence-corrected chi connectivity index (χ1v) is 9.27. The number of halogens is 1. The lowest BCUT2D eigenvalue weighted by Gasteiger charge is -2.19. The monoisotopic (exact) mass is 380 g/mol. The fraction of sp³-hybridized carbons (Fsp3) is 0.286. The van der Waals surface area contributed by atoms with E-state index in [4.69, 9.17) is 16.3 Å². The van der Waals surface area contributed by atoms with Gasteiger partial charge in [0.1, 0.15) is 5.75 Å². The van der Waals surface area contributed by atoms with Gasteiger partial charge in [0.25, 0.3) is 0 Å². The summed E-state index contributed by atoms with van der Waals surface area (Å²) in [6.07, 6.45) is 5.80. The number of nitrogens with zero attached hydrogens (tertiary/aromatic N) is 3. The van der Waals surface area contributed by atoms with Crippen LogP contribution in [0.3, 0.4) is 0 Å². The summed E-state index contributed by atoms with van der Waals surface area (Å²) >= 11 is 6.10. The van der Waals surface area contributed by atoms with Gasteiger partial charge in [0, 0.05) is 28.7 Å². The summed E-state index contributed by atoms with van der Waals surface area (Å²) in [5.74, 6) is 1.15. The quantitative estimate of drug-likeness (QED) is 0.676. The molecule has 0 amide bonds. The summed E-state index contributed by atoms with van der Waals surface area (Å²) in [7, 11) is 1.61. The summed E-state index contributed by atoms with van der Waals surface area (Å²) in [4.78, 5) is 13.6. The highest BCUT2D eigenvalue weighted by Crippen LogP contribution is 2.39. The largest absolute Gasteiger partial charge is 0.495 e. The molecule has 1 aromatic carbocycles. The Morgan fingerprint density at radius 2 is 2.00 bits per heavy atom. The highest BCUT2D eigenvalue weighted by Gasteiger charge is 2.31. The molecule has 2 heterocycles. The van der Waals surface area contributed by atoms with Crippen LogP contribution in [-0.2, 0) is 11.8 Å². The van der Waals surface area contributed by atoms with Crippen molar-refractivity contribution in [2.45, 2.75) is 32.1 Å². The average molecular weight is 381 g/mol. The minimum atomic E-state index is 0.153. The van der Waals surface area contributed by atoms with Gasteiger partial charge in [-0.05, 0) is 54.2 Å². The van der Waals surface area contributed by atoms with Crippen molar-refractivity contribution < 1.29 is 4.74 Å². The van der Waals surface area contributed by atoms with Crippen LogP contribution in [0.2, 0.25) is 5.02 Å². The molecule has 1 aliphatic carbocycles. The molecule has 27 heavy (non-hydrogen) atoms. The third-order valence-corrected chi connectivity index (χ3v) is 5.28. The minimum absolute atomic E-state index is 0.153. The number of benzene rings is 1. The maximum Gasteiger partial charge on any atom is 0.227 e. The second-order valence-electron chi connectivity index (χ2n) is 7.34. The molecule has 138 valence electrons. The first-order chi connectivity index (χ1) is 13.0. The molecule has 0 spiro atoms. The first-order valence-electron chi connectivity index (χ1n) is 8.90. The summed E-state index contributed by atoms with van der Waals surface area (Å²) in [6, 6.07) is 9.48. The number of hydrogen-bond donors (Lipinski definition) is 1. The summed E-state index contributed by atoms with van der Waals surface area (Å²) in [6.45, 7) is 4.53. The molecule has 1 aliphatic rings. The van der Waals surface area contributed by atoms with Gasteiger partial charge >= 0.3 is 0 Å². The molecular weight excluding hydrogens is 360 g/mol. The SMILES string of the molecule is COc1ccc(Cl)cc1Nc1nccc(-c2cnc3c(c2)C(C)(C)CC3)n1. The van der Waals surface area contributed by atoms with Crippen LogP contribution in [-0.4, -0.2) is 22.1 Å². The van der Waals surface area contributed by atoms with Gasteiger partial charge in [-0.25, -0.2) is 9.97 Å². The van der Waals surface area contributed by atoms with Crippen LogP contribution in [0, 0.1) is 0 Å². The van der Waals surface area contributed by atoms with Gasteiger partial charge in [0.05, 0.1) is 18.5 Å². The molecule has 0 atom stereocenters. The van der Waals surface area contributed by atoms with Crippen molar-refractivity contribution in [1.29, 1.82) is 0 Å². The van der Waals surface area contributed by atoms with Gasteiger partial charge in [-0.15, -0.1) is 0 Å². The Kier molecular flexibility index (Phi) is 4.48. The molecule has 1 N–H and O–H groups in total. The maximum atomic E-state index is 6.10. The number of nitrogens with one attached hydrogen (secondary N) is 1. The number of aromatic nitrogens is 3. The van der Waals surface area contributed by atoms with Crippen molar-refractivity contribution in [2.24, 2.45) is 0 Å². The molecular formula is C21H21ClN4O. The van der Waals surface area contributed by atoms with Gasteiger partial charge in [-0.1, -0.05) is 25.4 Å². The standard InChI is InChI=1S/C21H21ClN4O/c1-21(2)8-6-17-15(21)10-13(12-24-17)16-7-9-23-20(25-16)26-18-11-14(22)4-5-19(18)27-3/h4-5,7,9-12H,6,8H2,1-3H3,(H,23,25,26). The van der Waals surface area contributed by atoms with E-state index in [0.717, 1.165) is 29.8 Å². The number of aryl methyl sites for hydroxylation is 1. The van der Waals surface area contributed by atoms with Gasteiger partial charge in [0.15, 0.2) is 0 Å². The van der Waals surface area contributed by atoms with E-state index in [1.807, 2.05) is 12.3 Å². The maximum absolute atomic E-state index is 6.10. The smallest absolute Gasteiger partial charge is 0.227 e. The third-order valence-electron chi connectivity index (χ3n) is 5.05. The second kappa shape index (κ2) is 6.82. The van der Waals surface area contributed by atoms with Gasteiger partial charge in [-0.3, -0.25) is 4.98 Å². The number of ether oxygens (including phenoxy) is 1. The van der Waals surface area contributed by atoms with E-state index in [9.17, 15) is 0 Å². The average Bonchev–Trinajstić information content (AvgIpc) is 2.97. The predicted molar refractivity (Wildman–Crippen MR) is 108 cm³/mol. The zero-order valence-electron chi connectivity index (χ0n) is 15.6. The highest BCUT2D eigenvalue weighted by atomic mass is 35.5. The first kappa shape index (κ1) is 17.7. The molecule has 0 saturated heterocycles. The van der Waals surface area contributed by atoms with Crippen LogP contribution in [0.15, 0.2) is 42.7 Å². The lowest BCUT2D eigenvalue weighted by molar-refractivity contribution is 0.417. The van der Waals surface area contributed by atoms with E-state index in [1.54, 1.807) is 31.5 Å². The summed E-state index contributed by atoms with van der Waals surface area (Å²) in [5, 5.41) is 3.80. The van der Waals surface area contributed by atoms with E-state index in [0.29, 0.717) is 16.7 Å². The van der Waals surface area contributed by atoms with E-state index in [1.165, 1.54) is 11.3 Å². The Morgan fingerprint density at radius 1 is 1.15 bits per heavy atom. The Balaban J connectivity index is 1.67. The number of pyridine rings is 1. The molecule has 6 heteroatoms. The number of hydrogen-bond acceptors (Lipinski definition) is 5. The van der Waals surface area contributed by atoms with Crippen LogP contribution in [0.1, 0.15) is 31.5 Å². The van der Waals surface area contributed by atoms with Gasteiger partial charge in [-0.2, -0.15) is 0 Å². The van der Waals surface area contributed by atoms with Crippen molar-refractivity contribution >= 4 is 23.2 Å². The molecule has 0 aliphatic heterocycles. The second-order valence-corrected chi connectivity index (χ2v) is 7.77. The molecule has 0 bridgehead atoms. The molecule has 2 aromatic heterocycles. The summed E-state index contributed by atoms with van der Waals surface area (Å²) < 4.78 is 5.37. The zero-order chi connectivity index (χ0) is 19.0. The Labute approximate surface area is 163 Å². The fourth-order valence-corrected chi connectivity index (χ4v) is 3.63. The molecule has 5 nitrogen and oxygen atoms in total. The molecule has 0 fully saturated rings. The molecule has 0 unspecified atom stereocenters. The highest BCUT2D eigenvalue weighted by molar-refractivity contribution is 6.31. The number of anilines is 2. The molecule has 3 aromatic rings. The lowest BCUT2D eigenvalue weighted by atomic mass is 9.86. The van der Waals surface area contributed by atoms with E-state index in [-0.39, 0.29) is 5.41 Å². The van der Waals surface area contributed by atoms with Crippen LogP contribution in [0.4, 0.5) is 11.6 Å². The lowest BCUT2D eigenvalue weighted by Crippen LogP contribution is -2.12. The van der Waals surface area contributed by atoms with Crippen molar-refractivity contribution in [1.82, 2.24) is 15.0 Å². The van der Waals surface area contributed by atoms with Crippen molar-refractivity contribution in [2.75, 3.05) is 12.4 Å². The normalized spacial score (nSPS) is 14.7. The van der Waals surface area contributed by atoms with Crippen molar-refractivity contribution in [3.63, 3.8) is 0 Å². The van der Waals surface area contributed by atoms with Gasteiger partial charge in [0.2, 0.25) is 5.95 Å². The number of methoxy groups -OCH3 is 1. The predicted octanol–water partition coefficient (Wildman–Crippen LogP) is 5.17. The Hall–Kier alpha value is -2.66. The zero-order valence-corrected chi connectivity index (χ0v) is 16.3. The summed E-state index contributed by atoms with van der Waals surface area (Å²) in [5.41, 5.74) is 5.19. The topological polar surface area (TPSA) is 59.9 Å². The van der Waals surface area contributed by atoms with Crippen LogP contribution in [0.25, 0.3) is 11.3 Å². The Bertz CT molecular complexity index is 1000. The van der Waals surface area contributed by atoms with Crippen LogP contribution >= 0.6 is 11.6 Å². The van der Waals surface area contributed by atoms with Gasteiger partial charge < -0.3 is 10.1 Å². The fourth-order valence-electron chi connectivity index (χ4n) is 3.46. The number of fused-ring (bicyclic) bond motifs is 1. The van der Waals surface area contributed by atoms with Crippen molar-refractivity contribution in [3.8, 4) is 17.0 Å². The Morgan fingerprint density at radius 3 is 2.81 bits per heavy atom. The van der Waals surface area contributed by atoms with Crippen LogP contribution < -0.4 is 10.1 Å². The van der Waals surface area contributed by atoms with E-state index < -0.39 is 0 Å². The van der Waals surface area contributed by atoms with E-state index in [2.05, 4.69) is 40.2 Å². The van der Waals surface area contributed by atoms with Crippen molar-refractivity contribution in [3.05, 3.63) is 59.0 Å².